The van der Waals surface area contributed by atoms with E-state index in [0.29, 0.717) is 5.92 Å². The van der Waals surface area contributed by atoms with Crippen molar-refractivity contribution in [2.75, 3.05) is 38.6 Å². The molecule has 0 radical (unpaired) electrons. The van der Waals surface area contributed by atoms with E-state index in [1.165, 1.54) is 30.5 Å². The molecule has 1 aliphatic heterocycles. The molecule has 1 aromatic carbocycles. The van der Waals surface area contributed by atoms with Crippen molar-refractivity contribution in [3.63, 3.8) is 0 Å². The van der Waals surface area contributed by atoms with E-state index in [2.05, 4.69) is 17.0 Å². The first-order valence-corrected chi connectivity index (χ1v) is 6.51. The molecule has 17 heavy (non-hydrogen) atoms. The molecule has 92 valence electrons. The smallest absolute Gasteiger partial charge is 0.0594 e. The quantitative estimate of drug-likeness (QED) is 0.788. The molecule has 1 aliphatic carbocycles. The summed E-state index contributed by atoms with van der Waals surface area (Å²) in [5.74, 6) is 0.698. The van der Waals surface area contributed by atoms with Crippen LogP contribution in [-0.4, -0.2) is 37.7 Å². The lowest BCUT2D eigenvalue weighted by Gasteiger charge is -2.29. The number of nitrogens with two attached hydrogens (primary N) is 1. The second-order valence-electron chi connectivity index (χ2n) is 5.11. The fraction of sp³-hybridized carbons (Fsp3) is 0.571. The Kier molecular flexibility index (Phi) is 3.04. The highest BCUT2D eigenvalue weighted by atomic mass is 16.5. The largest absolute Gasteiger partial charge is 0.399 e. The molecule has 0 saturated carbocycles. The van der Waals surface area contributed by atoms with Gasteiger partial charge >= 0.3 is 0 Å². The Balaban J connectivity index is 1.70. The predicted octanol–water partition coefficient (Wildman–Crippen LogP) is 1.63. The molecule has 1 aromatic rings. The molecule has 1 fully saturated rings. The average molecular weight is 232 g/mol. The number of ether oxygens (including phenoxy) is 1. The van der Waals surface area contributed by atoms with Crippen molar-refractivity contribution in [2.24, 2.45) is 0 Å². The van der Waals surface area contributed by atoms with Crippen molar-refractivity contribution in [3.8, 4) is 0 Å². The van der Waals surface area contributed by atoms with E-state index in [4.69, 9.17) is 10.5 Å². The molecule has 0 spiro atoms. The van der Waals surface area contributed by atoms with Crippen LogP contribution in [0.1, 0.15) is 23.5 Å². The van der Waals surface area contributed by atoms with E-state index in [-0.39, 0.29) is 0 Å². The van der Waals surface area contributed by atoms with Gasteiger partial charge in [-0.2, -0.15) is 0 Å². The van der Waals surface area contributed by atoms with Crippen LogP contribution in [0.2, 0.25) is 0 Å². The lowest BCUT2D eigenvalue weighted by atomic mass is 10.0. The zero-order valence-corrected chi connectivity index (χ0v) is 10.2. The summed E-state index contributed by atoms with van der Waals surface area (Å²) >= 11 is 0. The van der Waals surface area contributed by atoms with E-state index in [9.17, 15) is 0 Å². The molecule has 0 aromatic heterocycles. The predicted molar refractivity (Wildman–Crippen MR) is 69.2 cm³/mol. The highest BCUT2D eigenvalue weighted by molar-refractivity contribution is 5.48. The summed E-state index contributed by atoms with van der Waals surface area (Å²) in [6, 6.07) is 6.41. The Labute approximate surface area is 103 Å². The van der Waals surface area contributed by atoms with Gasteiger partial charge in [0.05, 0.1) is 13.2 Å². The summed E-state index contributed by atoms with van der Waals surface area (Å²) in [4.78, 5) is 2.53. The van der Waals surface area contributed by atoms with Gasteiger partial charge in [-0.3, -0.25) is 4.90 Å². The van der Waals surface area contributed by atoms with Gasteiger partial charge in [-0.25, -0.2) is 0 Å². The van der Waals surface area contributed by atoms with Gasteiger partial charge in [0.15, 0.2) is 0 Å². The number of nitrogen functional groups attached to an aromatic ring is 1. The number of hydrogen-bond donors (Lipinski definition) is 1. The summed E-state index contributed by atoms with van der Waals surface area (Å²) in [7, 11) is 0. The Morgan fingerprint density at radius 2 is 2.12 bits per heavy atom. The van der Waals surface area contributed by atoms with Gasteiger partial charge in [0.1, 0.15) is 0 Å². The van der Waals surface area contributed by atoms with E-state index in [1.807, 2.05) is 6.07 Å². The van der Waals surface area contributed by atoms with Gasteiger partial charge in [-0.15, -0.1) is 0 Å². The van der Waals surface area contributed by atoms with Crippen LogP contribution in [0.3, 0.4) is 0 Å². The van der Waals surface area contributed by atoms with Crippen molar-refractivity contribution in [3.05, 3.63) is 29.3 Å². The van der Waals surface area contributed by atoms with Gasteiger partial charge in [0.25, 0.3) is 0 Å². The molecular formula is C14H20N2O. The first kappa shape index (κ1) is 11.1. The molecule has 1 atom stereocenters. The minimum absolute atomic E-state index is 0.698. The lowest BCUT2D eigenvalue weighted by Crippen LogP contribution is -2.38. The van der Waals surface area contributed by atoms with E-state index >= 15 is 0 Å². The van der Waals surface area contributed by atoms with Gasteiger partial charge in [0.2, 0.25) is 0 Å². The second kappa shape index (κ2) is 4.67. The molecule has 3 heteroatoms. The summed E-state index contributed by atoms with van der Waals surface area (Å²) in [5.41, 5.74) is 9.71. The molecule has 1 unspecified atom stereocenters. The summed E-state index contributed by atoms with van der Waals surface area (Å²) < 4.78 is 5.39. The monoisotopic (exact) mass is 232 g/mol. The Bertz CT molecular complexity index is 399. The number of nitrogens with zero attached hydrogens (tertiary/aromatic N) is 1. The molecule has 0 bridgehead atoms. The van der Waals surface area contributed by atoms with Crippen LogP contribution in [0, 0.1) is 0 Å². The summed E-state index contributed by atoms with van der Waals surface area (Å²) in [5, 5.41) is 0. The van der Waals surface area contributed by atoms with Crippen LogP contribution in [0.5, 0.6) is 0 Å². The van der Waals surface area contributed by atoms with Crippen molar-refractivity contribution >= 4 is 5.69 Å². The highest BCUT2D eigenvalue weighted by Crippen LogP contribution is 2.34. The number of anilines is 1. The van der Waals surface area contributed by atoms with Crippen molar-refractivity contribution in [2.45, 2.75) is 18.8 Å². The number of aryl methyl sites for hydroxylation is 1. The highest BCUT2D eigenvalue weighted by Gasteiger charge is 2.25. The molecule has 1 saturated heterocycles. The van der Waals surface area contributed by atoms with Crippen LogP contribution in [0.25, 0.3) is 0 Å². The Morgan fingerprint density at radius 1 is 1.29 bits per heavy atom. The van der Waals surface area contributed by atoms with Gasteiger partial charge < -0.3 is 10.5 Å². The zero-order chi connectivity index (χ0) is 11.7. The van der Waals surface area contributed by atoms with E-state index < -0.39 is 0 Å². The average Bonchev–Trinajstić information content (AvgIpc) is 2.73. The fourth-order valence-corrected chi connectivity index (χ4v) is 3.01. The maximum absolute atomic E-state index is 5.83. The second-order valence-corrected chi connectivity index (χ2v) is 5.11. The SMILES string of the molecule is Nc1ccc2c(c1)CCC2CN1CCOCC1. The molecule has 0 amide bonds. The lowest BCUT2D eigenvalue weighted by molar-refractivity contribution is 0.0351. The molecule has 1 heterocycles. The first-order chi connectivity index (χ1) is 8.33. The number of morpholine rings is 1. The summed E-state index contributed by atoms with van der Waals surface area (Å²) in [6.07, 6.45) is 2.46. The van der Waals surface area contributed by atoms with Crippen molar-refractivity contribution in [1.29, 1.82) is 0 Å². The Morgan fingerprint density at radius 3 is 2.94 bits per heavy atom. The molecule has 2 aliphatic rings. The van der Waals surface area contributed by atoms with Crippen LogP contribution in [0.15, 0.2) is 18.2 Å². The topological polar surface area (TPSA) is 38.5 Å². The summed E-state index contributed by atoms with van der Waals surface area (Å²) in [6.45, 7) is 5.13. The number of hydrogen-bond acceptors (Lipinski definition) is 3. The molecule has 3 nitrogen and oxygen atoms in total. The fourth-order valence-electron chi connectivity index (χ4n) is 3.01. The minimum Gasteiger partial charge on any atom is -0.399 e. The van der Waals surface area contributed by atoms with Crippen molar-refractivity contribution in [1.82, 2.24) is 4.90 Å². The maximum atomic E-state index is 5.83. The van der Waals surface area contributed by atoms with Crippen molar-refractivity contribution < 1.29 is 4.74 Å². The number of benzene rings is 1. The molecule has 3 rings (SSSR count). The first-order valence-electron chi connectivity index (χ1n) is 6.51. The normalized spacial score (nSPS) is 24.8. The van der Waals surface area contributed by atoms with Gasteiger partial charge in [-0.1, -0.05) is 6.07 Å². The van der Waals surface area contributed by atoms with E-state index in [1.54, 1.807) is 0 Å². The van der Waals surface area contributed by atoms with E-state index in [0.717, 1.165) is 32.0 Å². The minimum atomic E-state index is 0.698. The third-order valence-corrected chi connectivity index (χ3v) is 3.95. The third kappa shape index (κ3) is 2.31. The molecular weight excluding hydrogens is 212 g/mol. The maximum Gasteiger partial charge on any atom is 0.0594 e. The standard InChI is InChI=1S/C14H20N2O/c15-13-3-4-14-11(9-13)1-2-12(14)10-16-5-7-17-8-6-16/h3-4,9,12H,1-2,5-8,10,15H2. The van der Waals surface area contributed by atoms with Crippen LogP contribution >= 0.6 is 0 Å². The van der Waals surface area contributed by atoms with Gasteiger partial charge in [-0.05, 0) is 42.0 Å². The number of rotatable bonds is 2. The third-order valence-electron chi connectivity index (χ3n) is 3.95. The van der Waals surface area contributed by atoms with Gasteiger partial charge in [0, 0.05) is 25.3 Å². The van der Waals surface area contributed by atoms with Crippen LogP contribution in [-0.2, 0) is 11.2 Å². The van der Waals surface area contributed by atoms with Crippen LogP contribution < -0.4 is 5.73 Å². The van der Waals surface area contributed by atoms with Crippen LogP contribution in [0.4, 0.5) is 5.69 Å². The number of fused-ring (bicyclic) bond motifs is 1. The molecule has 2 N–H and O–H groups in total. The Hall–Kier alpha value is -1.06. The zero-order valence-electron chi connectivity index (χ0n) is 10.2.